The van der Waals surface area contributed by atoms with Crippen LogP contribution in [-0.2, 0) is 9.59 Å². The number of aromatic nitrogens is 1. The summed E-state index contributed by atoms with van der Waals surface area (Å²) < 4.78 is 0. The number of nitrogens with zero attached hydrogens (tertiary/aromatic N) is 1. The van der Waals surface area contributed by atoms with Crippen LogP contribution >= 0.6 is 23.1 Å². The van der Waals surface area contributed by atoms with Crippen LogP contribution in [0.25, 0.3) is 11.3 Å². The molecule has 2 N–H and O–H groups in total. The fourth-order valence-electron chi connectivity index (χ4n) is 3.58. The van der Waals surface area contributed by atoms with Crippen molar-refractivity contribution in [1.82, 2.24) is 4.98 Å². The molecule has 5 nitrogen and oxygen atoms in total. The number of carbonyl (C=O) groups excluding carboxylic acids is 2. The van der Waals surface area contributed by atoms with Crippen molar-refractivity contribution < 1.29 is 9.59 Å². The lowest BCUT2D eigenvalue weighted by molar-refractivity contribution is -0.118. The van der Waals surface area contributed by atoms with Gasteiger partial charge < -0.3 is 10.6 Å². The Labute approximate surface area is 220 Å². The fourth-order valence-corrected chi connectivity index (χ4v) is 5.33. The second-order valence-electron chi connectivity index (χ2n) is 9.61. The van der Waals surface area contributed by atoms with E-state index in [0.717, 1.165) is 27.4 Å². The zero-order valence-corrected chi connectivity index (χ0v) is 22.2. The summed E-state index contributed by atoms with van der Waals surface area (Å²) in [6.45, 7) is 6.11. The maximum absolute atomic E-state index is 13.4. The highest BCUT2D eigenvalue weighted by atomic mass is 32.2. The van der Waals surface area contributed by atoms with Gasteiger partial charge in [0.2, 0.25) is 11.8 Å². The van der Waals surface area contributed by atoms with Gasteiger partial charge in [0, 0.05) is 27.9 Å². The van der Waals surface area contributed by atoms with E-state index in [-0.39, 0.29) is 17.2 Å². The molecule has 0 aliphatic heterocycles. The van der Waals surface area contributed by atoms with E-state index < -0.39 is 5.25 Å². The third-order valence-electron chi connectivity index (χ3n) is 5.23. The Hall–Kier alpha value is -3.42. The second-order valence-corrected chi connectivity index (χ2v) is 11.6. The normalized spacial score (nSPS) is 12.1. The molecule has 0 saturated carbocycles. The molecule has 0 saturated heterocycles. The Morgan fingerprint density at radius 3 is 2.17 bits per heavy atom. The van der Waals surface area contributed by atoms with Crippen LogP contribution in [0.4, 0.5) is 10.8 Å². The summed E-state index contributed by atoms with van der Waals surface area (Å²) in [7, 11) is 0. The van der Waals surface area contributed by atoms with Crippen LogP contribution in [-0.4, -0.2) is 16.8 Å². The van der Waals surface area contributed by atoms with Crippen molar-refractivity contribution in [1.29, 1.82) is 0 Å². The highest BCUT2D eigenvalue weighted by Gasteiger charge is 2.23. The largest absolute Gasteiger partial charge is 0.326 e. The minimum Gasteiger partial charge on any atom is -0.326 e. The van der Waals surface area contributed by atoms with Gasteiger partial charge in [0.05, 0.1) is 5.69 Å². The third kappa shape index (κ3) is 7.29. The lowest BCUT2D eigenvalue weighted by Crippen LogP contribution is -2.19. The van der Waals surface area contributed by atoms with Gasteiger partial charge in [-0.1, -0.05) is 81.4 Å². The molecule has 4 rings (SSSR count). The lowest BCUT2D eigenvalue weighted by Gasteiger charge is -2.18. The number of thioether (sulfide) groups is 1. The van der Waals surface area contributed by atoms with Crippen LogP contribution < -0.4 is 10.6 Å². The number of rotatable bonds is 8. The van der Waals surface area contributed by atoms with Gasteiger partial charge in [-0.2, -0.15) is 0 Å². The monoisotopic (exact) mass is 515 g/mol. The molecular weight excluding hydrogens is 486 g/mol. The number of hydrogen-bond acceptors (Lipinski definition) is 5. The molecule has 7 heteroatoms. The molecule has 1 heterocycles. The van der Waals surface area contributed by atoms with Crippen molar-refractivity contribution in [3.8, 4) is 11.3 Å². The zero-order valence-electron chi connectivity index (χ0n) is 20.5. The van der Waals surface area contributed by atoms with Gasteiger partial charge in [-0.15, -0.1) is 23.1 Å². The smallest absolute Gasteiger partial charge is 0.244 e. The van der Waals surface area contributed by atoms with Crippen LogP contribution in [0.15, 0.2) is 95.2 Å². The Morgan fingerprint density at radius 1 is 0.889 bits per heavy atom. The van der Waals surface area contributed by atoms with E-state index in [1.54, 1.807) is 0 Å². The Morgan fingerprint density at radius 2 is 1.53 bits per heavy atom. The Kier molecular flexibility index (Phi) is 8.23. The van der Waals surface area contributed by atoms with Crippen LogP contribution in [0.1, 0.15) is 38.0 Å². The van der Waals surface area contributed by atoms with Crippen molar-refractivity contribution >= 4 is 45.7 Å². The van der Waals surface area contributed by atoms with Crippen molar-refractivity contribution in [2.45, 2.75) is 37.3 Å². The highest BCUT2D eigenvalue weighted by molar-refractivity contribution is 8.00. The van der Waals surface area contributed by atoms with E-state index in [1.165, 1.54) is 23.1 Å². The topological polar surface area (TPSA) is 71.1 Å². The van der Waals surface area contributed by atoms with Gasteiger partial charge in [-0.3, -0.25) is 9.59 Å². The molecule has 0 aliphatic rings. The molecule has 0 bridgehead atoms. The number of carbonyl (C=O) groups is 2. The van der Waals surface area contributed by atoms with Crippen LogP contribution in [0, 0.1) is 5.41 Å². The van der Waals surface area contributed by atoms with E-state index >= 15 is 0 Å². The van der Waals surface area contributed by atoms with E-state index in [0.29, 0.717) is 11.6 Å². The van der Waals surface area contributed by atoms with Gasteiger partial charge in [0.25, 0.3) is 0 Å². The van der Waals surface area contributed by atoms with Gasteiger partial charge in [0.15, 0.2) is 5.13 Å². The molecule has 0 fully saturated rings. The maximum atomic E-state index is 13.4. The van der Waals surface area contributed by atoms with E-state index in [9.17, 15) is 9.59 Å². The maximum Gasteiger partial charge on any atom is 0.244 e. The number of anilines is 2. The number of nitrogens with one attached hydrogen (secondary N) is 2. The molecule has 1 unspecified atom stereocenters. The first kappa shape index (κ1) is 25.7. The predicted molar refractivity (Wildman–Crippen MR) is 150 cm³/mol. The van der Waals surface area contributed by atoms with Crippen molar-refractivity contribution in [2.75, 3.05) is 10.6 Å². The van der Waals surface area contributed by atoms with E-state index in [2.05, 4.69) is 15.6 Å². The quantitative estimate of drug-likeness (QED) is 0.236. The summed E-state index contributed by atoms with van der Waals surface area (Å²) in [5, 5.41) is 8.00. The molecule has 4 aromatic rings. The third-order valence-corrected chi connectivity index (χ3v) is 7.25. The molecule has 0 radical (unpaired) electrons. The lowest BCUT2D eigenvalue weighted by atomic mass is 9.92. The summed E-state index contributed by atoms with van der Waals surface area (Å²) in [6.07, 6.45) is 0.447. The summed E-state index contributed by atoms with van der Waals surface area (Å²) in [4.78, 5) is 31.2. The van der Waals surface area contributed by atoms with E-state index in [1.807, 2.05) is 111 Å². The summed E-state index contributed by atoms with van der Waals surface area (Å²) in [5.41, 5.74) is 3.42. The standard InChI is InChI=1S/C29H29N3O2S2/c1-29(2,3)18-25(33)30-22-14-16-23(17-15-22)36-26(21-12-8-5-9-13-21)27(34)32-28-31-24(19-35-28)20-10-6-4-7-11-20/h4-17,19,26H,18H2,1-3H3,(H,30,33)(H,31,32,34). The summed E-state index contributed by atoms with van der Waals surface area (Å²) in [5.74, 6) is -0.148. The molecule has 184 valence electrons. The molecule has 1 aromatic heterocycles. The number of hydrogen-bond donors (Lipinski definition) is 2. The Bertz CT molecular complexity index is 1300. The minimum absolute atomic E-state index is 0.0113. The molecule has 2 amide bonds. The van der Waals surface area contributed by atoms with Crippen molar-refractivity contribution in [3.63, 3.8) is 0 Å². The van der Waals surface area contributed by atoms with Crippen molar-refractivity contribution in [2.24, 2.45) is 5.41 Å². The van der Waals surface area contributed by atoms with Crippen LogP contribution in [0.5, 0.6) is 0 Å². The molecule has 0 aliphatic carbocycles. The first-order chi connectivity index (χ1) is 17.3. The van der Waals surface area contributed by atoms with Crippen molar-refractivity contribution in [3.05, 3.63) is 95.9 Å². The average Bonchev–Trinajstić information content (AvgIpc) is 3.32. The number of benzene rings is 3. The van der Waals surface area contributed by atoms with Gasteiger partial charge >= 0.3 is 0 Å². The molecule has 36 heavy (non-hydrogen) atoms. The molecular formula is C29H29N3O2S2. The Balaban J connectivity index is 1.47. The van der Waals surface area contributed by atoms with Gasteiger partial charge in [-0.25, -0.2) is 4.98 Å². The SMILES string of the molecule is CC(C)(C)CC(=O)Nc1ccc(SC(C(=O)Nc2nc(-c3ccccc3)cs2)c2ccccc2)cc1. The fraction of sp³-hybridized carbons (Fsp3) is 0.207. The van der Waals surface area contributed by atoms with Crippen LogP contribution in [0.2, 0.25) is 0 Å². The number of amides is 2. The van der Waals surface area contributed by atoms with Gasteiger partial charge in [-0.05, 0) is 35.2 Å². The highest BCUT2D eigenvalue weighted by Crippen LogP contribution is 2.37. The molecule has 0 spiro atoms. The zero-order chi connectivity index (χ0) is 25.5. The number of thiazole rings is 1. The first-order valence-electron chi connectivity index (χ1n) is 11.7. The second kappa shape index (κ2) is 11.5. The van der Waals surface area contributed by atoms with Gasteiger partial charge in [0.1, 0.15) is 5.25 Å². The minimum atomic E-state index is -0.461. The first-order valence-corrected chi connectivity index (χ1v) is 13.5. The van der Waals surface area contributed by atoms with E-state index in [4.69, 9.17) is 0 Å². The summed E-state index contributed by atoms with van der Waals surface area (Å²) >= 11 is 2.87. The average molecular weight is 516 g/mol. The molecule has 1 atom stereocenters. The molecule has 3 aromatic carbocycles. The van der Waals surface area contributed by atoms with Crippen LogP contribution in [0.3, 0.4) is 0 Å². The summed E-state index contributed by atoms with van der Waals surface area (Å²) in [6, 6.07) is 27.2. The predicted octanol–water partition coefficient (Wildman–Crippen LogP) is 7.66.